The van der Waals surface area contributed by atoms with Gasteiger partial charge in [-0.15, -0.1) is 39.8 Å². The Balaban J connectivity index is 0.000000189. The van der Waals surface area contributed by atoms with Crippen molar-refractivity contribution in [1.29, 1.82) is 0 Å². The van der Waals surface area contributed by atoms with Crippen molar-refractivity contribution in [1.82, 2.24) is 0 Å². The number of allylic oxidation sites excluding steroid dienone is 1. The number of halogens is 2. The SMILES string of the molecule is CC1=C2c3sccc3C1[Si]2(C)C.Cc1cc2c(ccc3ccccc32)[cH-]1.[Cl-].[Cl-].[Zr+3]. The standard InChI is InChI=1S/C14H11.C10H12SSi.2ClH.Zr/c1-10-8-12-7-6-11-4-2-3-5-13(11)14(12)9-10;1-6-9-7-4-5-11-8(7)10(6)12(9,2)3;;;/h2-9H,1H3;4-5,9H,1-3H3;2*1H;/q-1;;;;+3/p-2. The maximum atomic E-state index is 2.51. The van der Waals surface area contributed by atoms with Crippen LogP contribution in [0, 0.1) is 6.92 Å². The molecule has 1 aromatic heterocycles. The van der Waals surface area contributed by atoms with E-state index < -0.39 is 8.07 Å². The molecule has 4 aromatic rings. The summed E-state index contributed by atoms with van der Waals surface area (Å²) in [6.45, 7) is 9.49. The fourth-order valence-corrected chi connectivity index (χ4v) is 11.4. The fourth-order valence-electron chi connectivity index (χ4n) is 5.22. The van der Waals surface area contributed by atoms with Crippen LogP contribution in [0.5, 0.6) is 0 Å². The van der Waals surface area contributed by atoms with Gasteiger partial charge in [0.2, 0.25) is 0 Å². The minimum atomic E-state index is -0.972. The summed E-state index contributed by atoms with van der Waals surface area (Å²) < 4.78 is 0. The molecule has 29 heavy (non-hydrogen) atoms. The van der Waals surface area contributed by atoms with Gasteiger partial charge in [-0.2, -0.15) is 6.07 Å². The molecule has 1 radical (unpaired) electrons. The van der Waals surface area contributed by atoms with E-state index >= 15 is 0 Å². The molecule has 3 aliphatic rings. The number of thiophene rings is 1. The molecule has 7 rings (SSSR count). The number of benzene rings is 2. The first-order valence-electron chi connectivity index (χ1n) is 9.32. The number of fused-ring (bicyclic) bond motifs is 3. The molecule has 0 saturated heterocycles. The van der Waals surface area contributed by atoms with E-state index in [1.54, 1.807) is 21.2 Å². The Bertz CT molecular complexity index is 1200. The van der Waals surface area contributed by atoms with Crippen LogP contribution < -0.4 is 24.8 Å². The summed E-state index contributed by atoms with van der Waals surface area (Å²) in [5, 5.41) is 9.43. The second kappa shape index (κ2) is 8.89. The maximum absolute atomic E-state index is 2.51. The quantitative estimate of drug-likeness (QED) is 0.237. The molecule has 0 saturated carbocycles. The van der Waals surface area contributed by atoms with E-state index in [9.17, 15) is 0 Å². The molecule has 3 heterocycles. The zero-order valence-electron chi connectivity index (χ0n) is 17.0. The number of hydrogen-bond acceptors (Lipinski definition) is 1. The minimum Gasteiger partial charge on any atom is -1.00 e. The van der Waals surface area contributed by atoms with Crippen LogP contribution in [-0.2, 0) is 26.2 Å². The molecular formula is C24H23Cl2SSiZr. The summed E-state index contributed by atoms with van der Waals surface area (Å²) in [4.78, 5) is 1.63. The number of aryl methyl sites for hydroxylation is 1. The predicted molar refractivity (Wildman–Crippen MR) is 119 cm³/mol. The molecule has 1 atom stereocenters. The van der Waals surface area contributed by atoms with Crippen LogP contribution in [0.3, 0.4) is 0 Å². The monoisotopic (exact) mass is 531 g/mol. The molecule has 0 nitrogen and oxygen atoms in total. The summed E-state index contributed by atoms with van der Waals surface area (Å²) in [5.74, 6) is 0. The van der Waals surface area contributed by atoms with Gasteiger partial charge < -0.3 is 24.8 Å². The first-order chi connectivity index (χ1) is 12.5. The van der Waals surface area contributed by atoms with Crippen molar-refractivity contribution < 1.29 is 51.0 Å². The normalized spacial score (nSPS) is 17.3. The van der Waals surface area contributed by atoms with Crippen molar-refractivity contribution in [2.24, 2.45) is 0 Å². The van der Waals surface area contributed by atoms with Gasteiger partial charge in [-0.1, -0.05) is 61.3 Å². The second-order valence-electron chi connectivity index (χ2n) is 8.24. The molecule has 0 amide bonds. The summed E-state index contributed by atoms with van der Waals surface area (Å²) in [6.07, 6.45) is 0. The van der Waals surface area contributed by atoms with Gasteiger partial charge in [0.25, 0.3) is 0 Å². The first-order valence-corrected chi connectivity index (χ1v) is 13.3. The topological polar surface area (TPSA) is 0 Å². The zero-order chi connectivity index (χ0) is 18.1. The molecule has 2 aliphatic heterocycles. The Hall–Kier alpha value is -0.570. The van der Waals surface area contributed by atoms with E-state index in [0.29, 0.717) is 0 Å². The second-order valence-corrected chi connectivity index (χ2v) is 13.7. The van der Waals surface area contributed by atoms with Crippen LogP contribution in [0.15, 0.2) is 65.6 Å². The molecule has 1 aliphatic carbocycles. The molecule has 0 fully saturated rings. The Morgan fingerprint density at radius 2 is 1.66 bits per heavy atom. The van der Waals surface area contributed by atoms with Crippen molar-refractivity contribution in [2.45, 2.75) is 32.5 Å². The third-order valence-electron chi connectivity index (χ3n) is 6.19. The van der Waals surface area contributed by atoms with Crippen LogP contribution in [0.25, 0.3) is 26.7 Å². The molecule has 3 aromatic carbocycles. The summed E-state index contributed by atoms with van der Waals surface area (Å²) >= 11 is 1.94. The molecule has 0 N–H and O–H groups in total. The Morgan fingerprint density at radius 3 is 2.34 bits per heavy atom. The van der Waals surface area contributed by atoms with Crippen molar-refractivity contribution in [3.05, 3.63) is 81.6 Å². The van der Waals surface area contributed by atoms with E-state index in [1.165, 1.54) is 27.1 Å². The van der Waals surface area contributed by atoms with Crippen LogP contribution in [-0.4, -0.2) is 8.07 Å². The van der Waals surface area contributed by atoms with E-state index in [-0.39, 0.29) is 51.0 Å². The maximum Gasteiger partial charge on any atom is 3.00 e. The van der Waals surface area contributed by atoms with Crippen molar-refractivity contribution >= 4 is 46.2 Å². The van der Waals surface area contributed by atoms with Crippen molar-refractivity contribution in [3.63, 3.8) is 0 Å². The van der Waals surface area contributed by atoms with Gasteiger partial charge >= 0.3 is 26.2 Å². The van der Waals surface area contributed by atoms with Gasteiger partial charge in [-0.25, -0.2) is 0 Å². The summed E-state index contributed by atoms with van der Waals surface area (Å²) in [5.41, 5.74) is 5.57. The Kier molecular flexibility index (Phi) is 7.57. The van der Waals surface area contributed by atoms with Gasteiger partial charge in [0.15, 0.2) is 0 Å². The molecule has 2 bridgehead atoms. The van der Waals surface area contributed by atoms with Gasteiger partial charge in [-0.05, 0) is 34.5 Å². The first kappa shape index (κ1) is 24.7. The van der Waals surface area contributed by atoms with Crippen LogP contribution >= 0.6 is 11.3 Å². The predicted octanol–water partition coefficient (Wildman–Crippen LogP) is 1.45. The molecule has 5 heteroatoms. The largest absolute Gasteiger partial charge is 3.00 e. The van der Waals surface area contributed by atoms with Crippen LogP contribution in [0.4, 0.5) is 0 Å². The molecular weight excluding hydrogens is 511 g/mol. The average molecular weight is 534 g/mol. The fraction of sp³-hybridized carbons (Fsp3) is 0.208. The summed E-state index contributed by atoms with van der Waals surface area (Å²) in [7, 11) is -0.972. The molecule has 0 spiro atoms. The average Bonchev–Trinajstić information content (AvgIpc) is 3.31. The molecule has 147 valence electrons. The Labute approximate surface area is 209 Å². The zero-order valence-corrected chi connectivity index (χ0v) is 22.8. The van der Waals surface area contributed by atoms with Gasteiger partial charge in [0.05, 0.1) is 8.07 Å². The number of rotatable bonds is 0. The smallest absolute Gasteiger partial charge is 1.00 e. The van der Waals surface area contributed by atoms with E-state index in [2.05, 4.69) is 86.9 Å². The minimum absolute atomic E-state index is 0. The molecule has 1 unspecified atom stereocenters. The van der Waals surface area contributed by atoms with Crippen molar-refractivity contribution in [3.8, 4) is 0 Å². The van der Waals surface area contributed by atoms with Crippen LogP contribution in [0.2, 0.25) is 13.1 Å². The third kappa shape index (κ3) is 3.68. The van der Waals surface area contributed by atoms with Crippen molar-refractivity contribution in [2.75, 3.05) is 0 Å². The van der Waals surface area contributed by atoms with E-state index in [0.717, 1.165) is 5.54 Å². The van der Waals surface area contributed by atoms with E-state index in [1.807, 2.05) is 11.3 Å². The van der Waals surface area contributed by atoms with Crippen LogP contribution in [0.1, 0.15) is 28.5 Å². The van der Waals surface area contributed by atoms with E-state index in [4.69, 9.17) is 0 Å². The van der Waals surface area contributed by atoms with Gasteiger partial charge in [0.1, 0.15) is 0 Å². The van der Waals surface area contributed by atoms with Gasteiger partial charge in [0, 0.05) is 10.4 Å². The summed E-state index contributed by atoms with van der Waals surface area (Å²) in [6, 6.07) is 19.8. The third-order valence-corrected chi connectivity index (χ3v) is 11.4. The van der Waals surface area contributed by atoms with Gasteiger partial charge in [-0.3, -0.25) is 0 Å². The Morgan fingerprint density at radius 1 is 0.931 bits per heavy atom. The number of hydrogen-bond donors (Lipinski definition) is 0.